The van der Waals surface area contributed by atoms with Crippen molar-refractivity contribution in [3.8, 4) is 0 Å². The fraction of sp³-hybridized carbons (Fsp3) is 0.583. The Kier molecular flexibility index (Phi) is 3.68. The topological polar surface area (TPSA) is 64.1 Å². The van der Waals surface area contributed by atoms with Crippen molar-refractivity contribution in [2.24, 2.45) is 0 Å². The molecule has 1 amide bonds. The van der Waals surface area contributed by atoms with Gasteiger partial charge in [0.2, 0.25) is 0 Å². The van der Waals surface area contributed by atoms with Gasteiger partial charge in [0.05, 0.1) is 23.1 Å². The lowest BCUT2D eigenvalue weighted by atomic mass is 10.2. The molecule has 0 unspecified atom stereocenters. The fourth-order valence-electron chi connectivity index (χ4n) is 1.98. The molecule has 0 aromatic carbocycles. The van der Waals surface area contributed by atoms with Gasteiger partial charge in [0.25, 0.3) is 5.91 Å². The molecule has 2 rings (SSSR count). The Morgan fingerprint density at radius 2 is 2.06 bits per heavy atom. The van der Waals surface area contributed by atoms with E-state index in [1.54, 1.807) is 19.9 Å². The van der Waals surface area contributed by atoms with E-state index in [-0.39, 0.29) is 12.0 Å². The first kappa shape index (κ1) is 12.0. The van der Waals surface area contributed by atoms with E-state index in [9.17, 15) is 4.79 Å². The van der Waals surface area contributed by atoms with E-state index in [2.05, 4.69) is 15.7 Å². The number of amides is 1. The summed E-state index contributed by atoms with van der Waals surface area (Å²) in [6.45, 7) is 3.57. The van der Waals surface area contributed by atoms with Crippen LogP contribution in [0.2, 0.25) is 0 Å². The minimum atomic E-state index is -0.243. The molecular weight excluding hydrogens is 218 g/mol. The van der Waals surface area contributed by atoms with Crippen LogP contribution in [0.5, 0.6) is 0 Å². The third-order valence-electron chi connectivity index (χ3n) is 2.97. The molecule has 1 aliphatic rings. The van der Waals surface area contributed by atoms with E-state index in [1.807, 2.05) is 0 Å². The monoisotopic (exact) mass is 235 g/mol. The predicted molar refractivity (Wildman–Crippen MR) is 62.3 cm³/mol. The molecule has 0 spiro atoms. The summed E-state index contributed by atoms with van der Waals surface area (Å²) in [4.78, 5) is 17.2. The highest BCUT2D eigenvalue weighted by Crippen LogP contribution is 2.20. The highest BCUT2D eigenvalue weighted by atomic mass is 16.7. The molecule has 1 saturated carbocycles. The van der Waals surface area contributed by atoms with Crippen molar-refractivity contribution >= 4 is 5.91 Å². The zero-order valence-electron chi connectivity index (χ0n) is 10.2. The summed E-state index contributed by atoms with van der Waals surface area (Å²) < 4.78 is 0. The van der Waals surface area contributed by atoms with Crippen molar-refractivity contribution in [2.45, 2.75) is 45.6 Å². The Balaban J connectivity index is 1.96. The maximum atomic E-state index is 11.9. The van der Waals surface area contributed by atoms with Gasteiger partial charge in [-0.15, -0.1) is 0 Å². The van der Waals surface area contributed by atoms with Crippen LogP contribution in [0.25, 0.3) is 0 Å². The second-order valence-electron chi connectivity index (χ2n) is 4.44. The van der Waals surface area contributed by atoms with Crippen molar-refractivity contribution < 1.29 is 9.63 Å². The molecule has 1 fully saturated rings. The number of aryl methyl sites for hydroxylation is 2. The SMILES string of the molecule is Cc1cc(C(=O)NOC2CCCC2)c(C)nn1. The Hall–Kier alpha value is -1.49. The molecule has 5 nitrogen and oxygen atoms in total. The second kappa shape index (κ2) is 5.23. The second-order valence-corrected chi connectivity index (χ2v) is 4.44. The standard InChI is InChI=1S/C12H17N3O2/c1-8-7-11(9(2)14-13-8)12(16)15-17-10-5-3-4-6-10/h7,10H,3-6H2,1-2H3,(H,15,16). The van der Waals surface area contributed by atoms with E-state index in [0.29, 0.717) is 11.3 Å². The number of carbonyl (C=O) groups excluding carboxylic acids is 1. The number of hydrogen-bond acceptors (Lipinski definition) is 4. The number of nitrogens with one attached hydrogen (secondary N) is 1. The van der Waals surface area contributed by atoms with Crippen LogP contribution in [0, 0.1) is 13.8 Å². The molecular formula is C12H17N3O2. The maximum Gasteiger partial charge on any atom is 0.276 e. The molecule has 1 aromatic rings. The third-order valence-corrected chi connectivity index (χ3v) is 2.97. The summed E-state index contributed by atoms with van der Waals surface area (Å²) in [5.41, 5.74) is 4.36. The lowest BCUT2D eigenvalue weighted by Crippen LogP contribution is -2.29. The molecule has 17 heavy (non-hydrogen) atoms. The molecule has 0 bridgehead atoms. The highest BCUT2D eigenvalue weighted by Gasteiger charge is 2.18. The van der Waals surface area contributed by atoms with E-state index >= 15 is 0 Å². The average Bonchev–Trinajstić information content (AvgIpc) is 2.82. The van der Waals surface area contributed by atoms with Crippen LogP contribution < -0.4 is 5.48 Å². The number of aromatic nitrogens is 2. The first-order valence-corrected chi connectivity index (χ1v) is 5.94. The fourth-order valence-corrected chi connectivity index (χ4v) is 1.98. The van der Waals surface area contributed by atoms with Gasteiger partial charge in [-0.2, -0.15) is 10.2 Å². The van der Waals surface area contributed by atoms with Gasteiger partial charge in [-0.3, -0.25) is 9.63 Å². The molecule has 1 heterocycles. The lowest BCUT2D eigenvalue weighted by Gasteiger charge is -2.12. The largest absolute Gasteiger partial charge is 0.276 e. The summed E-state index contributed by atoms with van der Waals surface area (Å²) in [6.07, 6.45) is 4.56. The Morgan fingerprint density at radius 1 is 1.35 bits per heavy atom. The van der Waals surface area contributed by atoms with Crippen molar-refractivity contribution in [3.05, 3.63) is 23.0 Å². The van der Waals surface area contributed by atoms with Gasteiger partial charge >= 0.3 is 0 Å². The maximum absolute atomic E-state index is 11.9. The van der Waals surface area contributed by atoms with Crippen LogP contribution in [0.4, 0.5) is 0 Å². The number of rotatable bonds is 3. The van der Waals surface area contributed by atoms with Crippen molar-refractivity contribution in [3.63, 3.8) is 0 Å². The summed E-state index contributed by atoms with van der Waals surface area (Å²) in [5.74, 6) is -0.243. The Morgan fingerprint density at radius 3 is 2.76 bits per heavy atom. The molecule has 1 aromatic heterocycles. The summed E-state index contributed by atoms with van der Waals surface area (Å²) in [5, 5.41) is 7.80. The normalized spacial score (nSPS) is 16.1. The molecule has 0 radical (unpaired) electrons. The zero-order valence-corrected chi connectivity index (χ0v) is 10.2. The van der Waals surface area contributed by atoms with Crippen molar-refractivity contribution in [1.82, 2.24) is 15.7 Å². The van der Waals surface area contributed by atoms with Gasteiger partial charge in [-0.25, -0.2) is 5.48 Å². The summed E-state index contributed by atoms with van der Waals surface area (Å²) in [6, 6.07) is 1.72. The van der Waals surface area contributed by atoms with Gasteiger partial charge in [-0.05, 0) is 32.8 Å². The van der Waals surface area contributed by atoms with Crippen LogP contribution in [-0.2, 0) is 4.84 Å². The molecule has 1 N–H and O–H groups in total. The van der Waals surface area contributed by atoms with Crippen LogP contribution in [-0.4, -0.2) is 22.2 Å². The van der Waals surface area contributed by atoms with E-state index in [4.69, 9.17) is 4.84 Å². The third kappa shape index (κ3) is 3.00. The molecule has 92 valence electrons. The van der Waals surface area contributed by atoms with Crippen LogP contribution in [0.15, 0.2) is 6.07 Å². The zero-order chi connectivity index (χ0) is 12.3. The minimum Gasteiger partial charge on any atom is -0.270 e. The summed E-state index contributed by atoms with van der Waals surface area (Å²) >= 11 is 0. The Labute approximate surface area is 101 Å². The van der Waals surface area contributed by atoms with E-state index in [1.165, 1.54) is 12.8 Å². The van der Waals surface area contributed by atoms with E-state index < -0.39 is 0 Å². The first-order chi connectivity index (χ1) is 8.16. The number of hydroxylamine groups is 1. The molecule has 0 saturated heterocycles. The highest BCUT2D eigenvalue weighted by molar-refractivity contribution is 5.94. The molecule has 1 aliphatic carbocycles. The average molecular weight is 235 g/mol. The van der Waals surface area contributed by atoms with Crippen LogP contribution in [0.1, 0.15) is 47.4 Å². The molecule has 0 atom stereocenters. The van der Waals surface area contributed by atoms with Crippen molar-refractivity contribution in [1.29, 1.82) is 0 Å². The molecule has 5 heteroatoms. The van der Waals surface area contributed by atoms with Gasteiger partial charge < -0.3 is 0 Å². The predicted octanol–water partition coefficient (Wildman–Crippen LogP) is 1.70. The number of carbonyl (C=O) groups is 1. The first-order valence-electron chi connectivity index (χ1n) is 5.94. The minimum absolute atomic E-state index is 0.162. The van der Waals surface area contributed by atoms with Crippen molar-refractivity contribution in [2.75, 3.05) is 0 Å². The lowest BCUT2D eigenvalue weighted by molar-refractivity contribution is -0.0125. The van der Waals surface area contributed by atoms with Crippen LogP contribution >= 0.6 is 0 Å². The quantitative estimate of drug-likeness (QED) is 0.810. The summed E-state index contributed by atoms with van der Waals surface area (Å²) in [7, 11) is 0. The number of nitrogens with zero attached hydrogens (tertiary/aromatic N) is 2. The molecule has 0 aliphatic heterocycles. The van der Waals surface area contributed by atoms with Gasteiger partial charge in [0, 0.05) is 0 Å². The van der Waals surface area contributed by atoms with E-state index in [0.717, 1.165) is 18.5 Å². The van der Waals surface area contributed by atoms with Crippen LogP contribution in [0.3, 0.4) is 0 Å². The Bertz CT molecular complexity index is 414. The smallest absolute Gasteiger partial charge is 0.270 e. The van der Waals surface area contributed by atoms with Gasteiger partial charge in [0.15, 0.2) is 0 Å². The number of hydrogen-bond donors (Lipinski definition) is 1. The van der Waals surface area contributed by atoms with Gasteiger partial charge in [-0.1, -0.05) is 12.8 Å². The van der Waals surface area contributed by atoms with Gasteiger partial charge in [0.1, 0.15) is 0 Å².